The van der Waals surface area contributed by atoms with Gasteiger partial charge in [0.05, 0.1) is 4.90 Å². The van der Waals surface area contributed by atoms with E-state index in [1.165, 1.54) is 28.6 Å². The van der Waals surface area contributed by atoms with E-state index < -0.39 is 10.0 Å². The zero-order valence-corrected chi connectivity index (χ0v) is 18.0. The van der Waals surface area contributed by atoms with Gasteiger partial charge in [0, 0.05) is 48.0 Å². The van der Waals surface area contributed by atoms with Gasteiger partial charge < -0.3 is 5.32 Å². The number of carbonyl (C=O) groups excluding carboxylic acids is 1. The molecule has 2 heterocycles. The number of aromatic nitrogens is 1. The first-order valence-corrected chi connectivity index (χ1v) is 11.6. The molecule has 0 atom stereocenters. The summed E-state index contributed by atoms with van der Waals surface area (Å²) in [7, 11) is -3.53. The SMILES string of the molecule is CCN(CC)S(=O)(=O)c1ccc(C(=O)NCc2cncc(-c3cccs3)c2)cc1. The highest BCUT2D eigenvalue weighted by Gasteiger charge is 2.21. The van der Waals surface area contributed by atoms with Crippen LogP contribution in [0.2, 0.25) is 0 Å². The number of amides is 1. The molecule has 0 aliphatic carbocycles. The van der Waals surface area contributed by atoms with Crippen molar-refractivity contribution < 1.29 is 13.2 Å². The predicted molar refractivity (Wildman–Crippen MR) is 115 cm³/mol. The van der Waals surface area contributed by atoms with Gasteiger partial charge in [0.15, 0.2) is 0 Å². The van der Waals surface area contributed by atoms with Gasteiger partial charge in [-0.15, -0.1) is 11.3 Å². The molecule has 1 N–H and O–H groups in total. The number of benzene rings is 1. The van der Waals surface area contributed by atoms with Crippen LogP contribution in [0.25, 0.3) is 10.4 Å². The van der Waals surface area contributed by atoms with Crippen LogP contribution in [0, 0.1) is 0 Å². The minimum Gasteiger partial charge on any atom is -0.348 e. The van der Waals surface area contributed by atoms with Gasteiger partial charge in [0.25, 0.3) is 5.91 Å². The van der Waals surface area contributed by atoms with E-state index in [-0.39, 0.29) is 10.8 Å². The Morgan fingerprint density at radius 3 is 2.45 bits per heavy atom. The summed E-state index contributed by atoms with van der Waals surface area (Å²) in [4.78, 5) is 18.0. The van der Waals surface area contributed by atoms with Gasteiger partial charge in [-0.2, -0.15) is 4.31 Å². The van der Waals surface area contributed by atoms with Crippen LogP contribution >= 0.6 is 11.3 Å². The molecule has 0 fully saturated rings. The Bertz CT molecular complexity index is 1060. The van der Waals surface area contributed by atoms with Gasteiger partial charge in [0.1, 0.15) is 0 Å². The number of nitrogens with zero attached hydrogens (tertiary/aromatic N) is 2. The Kier molecular flexibility index (Phi) is 6.79. The van der Waals surface area contributed by atoms with Crippen LogP contribution in [-0.2, 0) is 16.6 Å². The highest BCUT2D eigenvalue weighted by Crippen LogP contribution is 2.24. The third kappa shape index (κ3) is 4.90. The molecule has 8 heteroatoms. The Morgan fingerprint density at radius 2 is 1.83 bits per heavy atom. The molecule has 0 unspecified atom stereocenters. The second-order valence-electron chi connectivity index (χ2n) is 6.36. The van der Waals surface area contributed by atoms with Crippen molar-refractivity contribution in [1.29, 1.82) is 0 Å². The Morgan fingerprint density at radius 1 is 1.10 bits per heavy atom. The van der Waals surface area contributed by atoms with Crippen molar-refractivity contribution in [3.63, 3.8) is 0 Å². The molecule has 3 aromatic rings. The number of nitrogens with one attached hydrogen (secondary N) is 1. The molecule has 0 radical (unpaired) electrons. The van der Waals surface area contributed by atoms with Gasteiger partial charge >= 0.3 is 0 Å². The van der Waals surface area contributed by atoms with Gasteiger partial charge in [-0.1, -0.05) is 19.9 Å². The van der Waals surface area contributed by atoms with Crippen molar-refractivity contribution in [3.05, 3.63) is 71.4 Å². The summed E-state index contributed by atoms with van der Waals surface area (Å²) in [5.74, 6) is -0.265. The van der Waals surface area contributed by atoms with Crippen LogP contribution in [0.1, 0.15) is 29.8 Å². The van der Waals surface area contributed by atoms with Crippen LogP contribution in [0.15, 0.2) is 65.1 Å². The molecule has 1 aromatic carbocycles. The summed E-state index contributed by atoms with van der Waals surface area (Å²) < 4.78 is 26.5. The number of hydrogen-bond donors (Lipinski definition) is 1. The predicted octanol–water partition coefficient (Wildman–Crippen LogP) is 3.77. The van der Waals surface area contributed by atoms with E-state index in [1.807, 2.05) is 23.6 Å². The number of carbonyl (C=O) groups is 1. The lowest BCUT2D eigenvalue weighted by Gasteiger charge is -2.18. The van der Waals surface area contributed by atoms with Crippen molar-refractivity contribution in [3.8, 4) is 10.4 Å². The molecular formula is C21H23N3O3S2. The fraction of sp³-hybridized carbons (Fsp3) is 0.238. The lowest BCUT2D eigenvalue weighted by atomic mass is 10.1. The standard InChI is InChI=1S/C21H23N3O3S2/c1-3-24(4-2)29(26,27)19-9-7-17(8-10-19)21(25)23-14-16-12-18(15-22-13-16)20-6-5-11-28-20/h5-13,15H,3-4,14H2,1-2H3,(H,23,25). The highest BCUT2D eigenvalue weighted by molar-refractivity contribution is 7.89. The molecule has 152 valence electrons. The third-order valence-electron chi connectivity index (χ3n) is 4.51. The lowest BCUT2D eigenvalue weighted by Crippen LogP contribution is -2.30. The minimum absolute atomic E-state index is 0.186. The first-order chi connectivity index (χ1) is 14.0. The van der Waals surface area contributed by atoms with Crippen LogP contribution < -0.4 is 5.32 Å². The summed E-state index contributed by atoms with van der Waals surface area (Å²) in [6.45, 7) is 4.74. The summed E-state index contributed by atoms with van der Waals surface area (Å²) >= 11 is 1.63. The molecule has 2 aromatic heterocycles. The number of thiophene rings is 1. The quantitative estimate of drug-likeness (QED) is 0.591. The van der Waals surface area contributed by atoms with Gasteiger partial charge in [-0.25, -0.2) is 8.42 Å². The minimum atomic E-state index is -3.53. The number of hydrogen-bond acceptors (Lipinski definition) is 5. The van der Waals surface area contributed by atoms with Crippen molar-refractivity contribution in [2.75, 3.05) is 13.1 Å². The van der Waals surface area contributed by atoms with E-state index in [0.29, 0.717) is 25.2 Å². The van der Waals surface area contributed by atoms with Crippen molar-refractivity contribution in [2.45, 2.75) is 25.3 Å². The largest absolute Gasteiger partial charge is 0.348 e. The van der Waals surface area contributed by atoms with Crippen molar-refractivity contribution in [1.82, 2.24) is 14.6 Å². The maximum Gasteiger partial charge on any atom is 0.251 e. The lowest BCUT2D eigenvalue weighted by molar-refractivity contribution is 0.0950. The fourth-order valence-corrected chi connectivity index (χ4v) is 5.10. The molecule has 29 heavy (non-hydrogen) atoms. The maximum atomic E-state index is 12.5. The van der Waals surface area contributed by atoms with Gasteiger partial charge in [-0.05, 0) is 47.3 Å². The molecule has 0 saturated carbocycles. The third-order valence-corrected chi connectivity index (χ3v) is 7.50. The van der Waals surface area contributed by atoms with Crippen molar-refractivity contribution >= 4 is 27.3 Å². The Labute approximate surface area is 175 Å². The topological polar surface area (TPSA) is 79.4 Å². The van der Waals surface area contributed by atoms with E-state index in [2.05, 4.69) is 10.3 Å². The van der Waals surface area contributed by atoms with Crippen molar-refractivity contribution in [2.24, 2.45) is 0 Å². The molecule has 3 rings (SSSR count). The zero-order valence-electron chi connectivity index (χ0n) is 16.3. The first kappa shape index (κ1) is 21.2. The molecular weight excluding hydrogens is 406 g/mol. The molecule has 0 aliphatic heterocycles. The molecule has 0 aliphatic rings. The summed E-state index contributed by atoms with van der Waals surface area (Å²) in [6.07, 6.45) is 3.52. The number of sulfonamides is 1. The molecule has 1 amide bonds. The highest BCUT2D eigenvalue weighted by atomic mass is 32.2. The molecule has 0 saturated heterocycles. The zero-order chi connectivity index (χ0) is 20.9. The number of rotatable bonds is 8. The fourth-order valence-electron chi connectivity index (χ4n) is 2.94. The number of pyridine rings is 1. The average molecular weight is 430 g/mol. The maximum absolute atomic E-state index is 12.5. The normalized spacial score (nSPS) is 11.6. The molecule has 6 nitrogen and oxygen atoms in total. The van der Waals surface area contributed by atoms with E-state index in [0.717, 1.165) is 16.0 Å². The first-order valence-electron chi connectivity index (χ1n) is 9.32. The van der Waals surface area contributed by atoms with E-state index in [4.69, 9.17) is 0 Å². The van der Waals surface area contributed by atoms with E-state index in [9.17, 15) is 13.2 Å². The Balaban J connectivity index is 1.67. The van der Waals surface area contributed by atoms with Crippen LogP contribution in [-0.4, -0.2) is 36.7 Å². The van der Waals surface area contributed by atoms with E-state index in [1.54, 1.807) is 37.6 Å². The smallest absolute Gasteiger partial charge is 0.251 e. The van der Waals surface area contributed by atoms with Crippen LogP contribution in [0.4, 0.5) is 0 Å². The van der Waals surface area contributed by atoms with E-state index >= 15 is 0 Å². The molecule has 0 bridgehead atoms. The summed E-state index contributed by atoms with van der Waals surface area (Å²) in [5.41, 5.74) is 2.31. The van der Waals surface area contributed by atoms with Gasteiger partial charge in [0.2, 0.25) is 10.0 Å². The summed E-state index contributed by atoms with van der Waals surface area (Å²) in [5, 5.41) is 4.86. The van der Waals surface area contributed by atoms with Gasteiger partial charge in [-0.3, -0.25) is 9.78 Å². The monoisotopic (exact) mass is 429 g/mol. The molecule has 0 spiro atoms. The second-order valence-corrected chi connectivity index (χ2v) is 9.24. The summed E-state index contributed by atoms with van der Waals surface area (Å²) in [6, 6.07) is 12.0. The average Bonchev–Trinajstić information content (AvgIpc) is 3.28. The Hall–Kier alpha value is -2.55. The second kappa shape index (κ2) is 9.30. The van der Waals surface area contributed by atoms with Crippen LogP contribution in [0.3, 0.4) is 0 Å². The van der Waals surface area contributed by atoms with Crippen LogP contribution in [0.5, 0.6) is 0 Å².